The molecule has 2 aromatic rings. The average molecular weight is 217 g/mol. The van der Waals surface area contributed by atoms with E-state index in [0.717, 1.165) is 11.6 Å². The van der Waals surface area contributed by atoms with Crippen LogP contribution in [0, 0.1) is 11.6 Å². The van der Waals surface area contributed by atoms with Gasteiger partial charge in [0.05, 0.1) is 5.69 Å². The monoisotopic (exact) mass is 217 g/mol. The number of benzene rings is 1. The molecule has 3 heteroatoms. The molecule has 1 aromatic heterocycles. The lowest BCUT2D eigenvalue weighted by Gasteiger charge is -2.02. The first-order chi connectivity index (χ1) is 7.70. The zero-order valence-electron chi connectivity index (χ0n) is 8.45. The van der Waals surface area contributed by atoms with Crippen LogP contribution >= 0.6 is 0 Å². The van der Waals surface area contributed by atoms with Crippen molar-refractivity contribution in [2.45, 2.75) is 0 Å². The molecule has 1 aromatic carbocycles. The maximum atomic E-state index is 13.4. The summed E-state index contributed by atoms with van der Waals surface area (Å²) in [5.74, 6) is -1.21. The Balaban J connectivity index is 2.46. The fourth-order valence-electron chi connectivity index (χ4n) is 1.38. The van der Waals surface area contributed by atoms with Crippen LogP contribution in [0.3, 0.4) is 0 Å². The Morgan fingerprint density at radius 3 is 2.50 bits per heavy atom. The first-order valence-corrected chi connectivity index (χ1v) is 4.74. The summed E-state index contributed by atoms with van der Waals surface area (Å²) in [6, 6.07) is 6.88. The largest absolute Gasteiger partial charge is 0.256 e. The van der Waals surface area contributed by atoms with Crippen LogP contribution < -0.4 is 0 Å². The Kier molecular flexibility index (Phi) is 2.77. The highest BCUT2D eigenvalue weighted by atomic mass is 19.1. The molecule has 0 aliphatic carbocycles. The van der Waals surface area contributed by atoms with Crippen molar-refractivity contribution >= 4 is 6.08 Å². The lowest BCUT2D eigenvalue weighted by atomic mass is 10.1. The molecule has 0 N–H and O–H groups in total. The first-order valence-electron chi connectivity index (χ1n) is 4.74. The normalized spacial score (nSPS) is 10.1. The van der Waals surface area contributed by atoms with Crippen LogP contribution in [0.4, 0.5) is 8.78 Å². The minimum Gasteiger partial charge on any atom is -0.256 e. The third kappa shape index (κ3) is 1.98. The number of hydrogen-bond acceptors (Lipinski definition) is 1. The molecule has 16 heavy (non-hydrogen) atoms. The van der Waals surface area contributed by atoms with Gasteiger partial charge in [-0.15, -0.1) is 0 Å². The van der Waals surface area contributed by atoms with Crippen molar-refractivity contribution in [2.75, 3.05) is 0 Å². The van der Waals surface area contributed by atoms with Crippen LogP contribution in [0.15, 0.2) is 43.1 Å². The van der Waals surface area contributed by atoms with Gasteiger partial charge in [-0.25, -0.2) is 8.78 Å². The molecule has 0 radical (unpaired) electrons. The minimum absolute atomic E-state index is 0.289. The highest BCUT2D eigenvalue weighted by molar-refractivity contribution is 5.61. The van der Waals surface area contributed by atoms with Gasteiger partial charge in [-0.1, -0.05) is 18.7 Å². The standard InChI is InChI=1S/C13H9F2N/c1-2-9-3-6-13(16-8-9)11-5-4-10(14)7-12(11)15/h2-8H,1H2. The average Bonchev–Trinajstić information content (AvgIpc) is 2.29. The van der Waals surface area contributed by atoms with Crippen LogP contribution in [-0.2, 0) is 0 Å². The predicted molar refractivity (Wildman–Crippen MR) is 59.7 cm³/mol. The van der Waals surface area contributed by atoms with Gasteiger partial charge in [0.15, 0.2) is 0 Å². The van der Waals surface area contributed by atoms with Gasteiger partial charge < -0.3 is 0 Å². The van der Waals surface area contributed by atoms with Gasteiger partial charge in [0.1, 0.15) is 11.6 Å². The fraction of sp³-hybridized carbons (Fsp3) is 0. The van der Waals surface area contributed by atoms with E-state index in [-0.39, 0.29) is 5.56 Å². The second-order valence-electron chi connectivity index (χ2n) is 3.31. The summed E-state index contributed by atoms with van der Waals surface area (Å²) in [5, 5.41) is 0. The van der Waals surface area contributed by atoms with Gasteiger partial charge in [0.2, 0.25) is 0 Å². The van der Waals surface area contributed by atoms with Crippen molar-refractivity contribution in [1.29, 1.82) is 0 Å². The summed E-state index contributed by atoms with van der Waals surface area (Å²) in [6.45, 7) is 3.60. The van der Waals surface area contributed by atoms with Gasteiger partial charge in [-0.3, -0.25) is 4.98 Å². The molecule has 0 atom stereocenters. The fourth-order valence-corrected chi connectivity index (χ4v) is 1.38. The molecule has 0 aliphatic rings. The van der Waals surface area contributed by atoms with Gasteiger partial charge >= 0.3 is 0 Å². The molecule has 0 unspecified atom stereocenters. The number of nitrogens with zero attached hydrogens (tertiary/aromatic N) is 1. The van der Waals surface area contributed by atoms with Crippen LogP contribution in [0.25, 0.3) is 17.3 Å². The van der Waals surface area contributed by atoms with Gasteiger partial charge in [0, 0.05) is 17.8 Å². The van der Waals surface area contributed by atoms with Crippen molar-refractivity contribution in [2.24, 2.45) is 0 Å². The Bertz CT molecular complexity index is 518. The first kappa shape index (κ1) is 10.5. The second-order valence-corrected chi connectivity index (χ2v) is 3.31. The van der Waals surface area contributed by atoms with Gasteiger partial charge in [0.25, 0.3) is 0 Å². The number of aromatic nitrogens is 1. The van der Waals surface area contributed by atoms with Crippen LogP contribution in [0.2, 0.25) is 0 Å². The molecular weight excluding hydrogens is 208 g/mol. The van der Waals surface area contributed by atoms with Crippen LogP contribution in [-0.4, -0.2) is 4.98 Å². The smallest absolute Gasteiger partial charge is 0.135 e. The highest BCUT2D eigenvalue weighted by Crippen LogP contribution is 2.21. The molecule has 0 bridgehead atoms. The summed E-state index contributed by atoms with van der Waals surface area (Å²) < 4.78 is 26.1. The predicted octanol–water partition coefficient (Wildman–Crippen LogP) is 3.67. The number of halogens is 2. The van der Waals surface area contributed by atoms with Gasteiger partial charge in [-0.05, 0) is 23.8 Å². The van der Waals surface area contributed by atoms with E-state index in [4.69, 9.17) is 0 Å². The van der Waals surface area contributed by atoms with Crippen molar-refractivity contribution in [3.8, 4) is 11.3 Å². The minimum atomic E-state index is -0.612. The Morgan fingerprint density at radius 1 is 1.12 bits per heavy atom. The van der Waals surface area contributed by atoms with Crippen molar-refractivity contribution in [3.05, 3.63) is 60.3 Å². The molecule has 80 valence electrons. The highest BCUT2D eigenvalue weighted by Gasteiger charge is 2.06. The molecule has 0 aliphatic heterocycles. The van der Waals surface area contributed by atoms with E-state index in [1.54, 1.807) is 24.4 Å². The summed E-state index contributed by atoms with van der Waals surface area (Å²) in [7, 11) is 0. The number of rotatable bonds is 2. The third-order valence-corrected chi connectivity index (χ3v) is 2.23. The molecule has 0 fully saturated rings. The lowest BCUT2D eigenvalue weighted by molar-refractivity contribution is 0.585. The lowest BCUT2D eigenvalue weighted by Crippen LogP contribution is -1.89. The quantitative estimate of drug-likeness (QED) is 0.747. The Hall–Kier alpha value is -2.03. The van der Waals surface area contributed by atoms with Gasteiger partial charge in [-0.2, -0.15) is 0 Å². The van der Waals surface area contributed by atoms with E-state index in [1.165, 1.54) is 12.1 Å². The molecule has 2 rings (SSSR count). The molecule has 0 amide bonds. The Labute approximate surface area is 92.1 Å². The SMILES string of the molecule is C=Cc1ccc(-c2ccc(F)cc2F)nc1. The van der Waals surface area contributed by atoms with Crippen molar-refractivity contribution < 1.29 is 8.78 Å². The molecule has 0 spiro atoms. The van der Waals surface area contributed by atoms with Crippen LogP contribution in [0.1, 0.15) is 5.56 Å². The van der Waals surface area contributed by atoms with Crippen molar-refractivity contribution in [1.82, 2.24) is 4.98 Å². The maximum Gasteiger partial charge on any atom is 0.135 e. The summed E-state index contributed by atoms with van der Waals surface area (Å²) in [6.07, 6.45) is 3.24. The maximum absolute atomic E-state index is 13.4. The van der Waals surface area contributed by atoms with E-state index < -0.39 is 11.6 Å². The second kappa shape index (κ2) is 4.23. The number of pyridine rings is 1. The van der Waals surface area contributed by atoms with E-state index in [9.17, 15) is 8.78 Å². The topological polar surface area (TPSA) is 12.9 Å². The molecule has 1 nitrogen and oxygen atoms in total. The van der Waals surface area contributed by atoms with Crippen molar-refractivity contribution in [3.63, 3.8) is 0 Å². The zero-order chi connectivity index (χ0) is 11.5. The molecule has 0 saturated heterocycles. The van der Waals surface area contributed by atoms with E-state index in [2.05, 4.69) is 11.6 Å². The third-order valence-electron chi connectivity index (χ3n) is 2.23. The summed E-state index contributed by atoms with van der Waals surface area (Å²) in [5.41, 5.74) is 1.62. The van der Waals surface area contributed by atoms with E-state index in [0.29, 0.717) is 5.69 Å². The summed E-state index contributed by atoms with van der Waals surface area (Å²) >= 11 is 0. The molecular formula is C13H9F2N. The number of hydrogen-bond donors (Lipinski definition) is 0. The molecule has 1 heterocycles. The van der Waals surface area contributed by atoms with E-state index in [1.807, 2.05) is 0 Å². The molecule has 0 saturated carbocycles. The summed E-state index contributed by atoms with van der Waals surface area (Å²) in [4.78, 5) is 4.08. The van der Waals surface area contributed by atoms with Crippen LogP contribution in [0.5, 0.6) is 0 Å². The van der Waals surface area contributed by atoms with E-state index >= 15 is 0 Å². The Morgan fingerprint density at radius 2 is 1.94 bits per heavy atom. The zero-order valence-corrected chi connectivity index (χ0v) is 8.45.